The molecule has 27 heavy (non-hydrogen) atoms. The minimum atomic E-state index is 0.00239. The molecule has 1 atom stereocenters. The van der Waals surface area contributed by atoms with E-state index < -0.39 is 0 Å². The van der Waals surface area contributed by atoms with Crippen LogP contribution in [-0.4, -0.2) is 34.6 Å². The molecule has 140 valence electrons. The van der Waals surface area contributed by atoms with Crippen molar-refractivity contribution in [3.63, 3.8) is 0 Å². The summed E-state index contributed by atoms with van der Waals surface area (Å²) in [5.41, 5.74) is 0.736. The second-order valence-corrected chi connectivity index (χ2v) is 7.53. The topological polar surface area (TPSA) is 53.3 Å². The van der Waals surface area contributed by atoms with Gasteiger partial charge in [-0.15, -0.1) is 0 Å². The Morgan fingerprint density at radius 1 is 1.15 bits per heavy atom. The molecule has 0 amide bonds. The molecule has 0 spiro atoms. The van der Waals surface area contributed by atoms with Gasteiger partial charge in [-0.05, 0) is 37.1 Å². The fourth-order valence-corrected chi connectivity index (χ4v) is 4.05. The molecule has 0 radical (unpaired) electrons. The van der Waals surface area contributed by atoms with Gasteiger partial charge in [0.2, 0.25) is 0 Å². The Labute approximate surface area is 162 Å². The summed E-state index contributed by atoms with van der Waals surface area (Å²) in [6, 6.07) is 17.2. The highest BCUT2D eigenvalue weighted by atomic mass is 32.2. The van der Waals surface area contributed by atoms with Crippen molar-refractivity contribution < 1.29 is 9.47 Å². The molecule has 0 bridgehead atoms. The van der Waals surface area contributed by atoms with E-state index in [-0.39, 0.29) is 11.7 Å². The maximum Gasteiger partial charge on any atom is 0.262 e. The lowest BCUT2D eigenvalue weighted by Crippen LogP contribution is -2.29. The van der Waals surface area contributed by atoms with Gasteiger partial charge in [0, 0.05) is 12.4 Å². The van der Waals surface area contributed by atoms with E-state index in [4.69, 9.17) is 14.5 Å². The maximum atomic E-state index is 13.0. The molecule has 1 saturated heterocycles. The Hall–Kier alpha value is -2.31. The number of ether oxygens (including phenoxy) is 2. The number of fused-ring (bicyclic) bond motifs is 1. The molecule has 0 aliphatic carbocycles. The highest BCUT2D eigenvalue weighted by Crippen LogP contribution is 2.21. The number of thioether (sulfide) groups is 1. The van der Waals surface area contributed by atoms with Gasteiger partial charge in [0.1, 0.15) is 5.75 Å². The van der Waals surface area contributed by atoms with Gasteiger partial charge in [-0.3, -0.25) is 9.36 Å². The highest BCUT2D eigenvalue weighted by molar-refractivity contribution is 7.99. The van der Waals surface area contributed by atoms with Gasteiger partial charge < -0.3 is 9.47 Å². The molecule has 4 rings (SSSR count). The molecule has 5 nitrogen and oxygen atoms in total. The second-order valence-electron chi connectivity index (χ2n) is 6.47. The lowest BCUT2D eigenvalue weighted by molar-refractivity contribution is 0.0937. The van der Waals surface area contributed by atoms with Crippen molar-refractivity contribution in [1.29, 1.82) is 0 Å². The summed E-state index contributed by atoms with van der Waals surface area (Å²) in [6.45, 7) is 1.88. The summed E-state index contributed by atoms with van der Waals surface area (Å²) < 4.78 is 13.3. The van der Waals surface area contributed by atoms with Crippen LogP contribution < -0.4 is 10.3 Å². The van der Waals surface area contributed by atoms with E-state index in [0.717, 1.165) is 35.9 Å². The molecular formula is C21H22N2O3S. The van der Waals surface area contributed by atoms with Gasteiger partial charge >= 0.3 is 0 Å². The number of para-hydroxylation sites is 2. The van der Waals surface area contributed by atoms with Crippen molar-refractivity contribution >= 4 is 22.7 Å². The van der Waals surface area contributed by atoms with Crippen LogP contribution in [0, 0.1) is 0 Å². The molecule has 3 aromatic rings. The van der Waals surface area contributed by atoms with E-state index in [1.54, 1.807) is 16.3 Å². The van der Waals surface area contributed by atoms with Crippen molar-refractivity contribution in [1.82, 2.24) is 9.55 Å². The Balaban J connectivity index is 1.53. The van der Waals surface area contributed by atoms with Crippen molar-refractivity contribution in [3.05, 3.63) is 65.0 Å². The molecule has 2 heterocycles. The summed E-state index contributed by atoms with van der Waals surface area (Å²) in [7, 11) is 0. The Morgan fingerprint density at radius 2 is 1.96 bits per heavy atom. The molecular weight excluding hydrogens is 360 g/mol. The molecule has 1 aromatic heterocycles. The molecule has 2 aromatic carbocycles. The van der Waals surface area contributed by atoms with Gasteiger partial charge in [-0.2, -0.15) is 0 Å². The summed E-state index contributed by atoms with van der Waals surface area (Å²) >= 11 is 1.55. The number of nitrogens with zero attached hydrogens (tertiary/aromatic N) is 2. The number of aromatic nitrogens is 2. The lowest BCUT2D eigenvalue weighted by atomic mass is 10.2. The summed E-state index contributed by atoms with van der Waals surface area (Å²) in [4.78, 5) is 17.8. The first-order chi connectivity index (χ1) is 13.3. The lowest BCUT2D eigenvalue weighted by Gasteiger charge is -2.16. The first-order valence-corrected chi connectivity index (χ1v) is 10.2. The molecule has 0 N–H and O–H groups in total. The third-order valence-corrected chi connectivity index (χ3v) is 5.50. The smallest absolute Gasteiger partial charge is 0.262 e. The quantitative estimate of drug-likeness (QED) is 0.354. The standard InChI is InChI=1S/C21H22N2O3S/c24-20-18-10-4-5-11-19(18)22-21(23(20)15-17-9-6-12-25-17)27-14-13-26-16-7-2-1-3-8-16/h1-5,7-8,10-11,17H,6,9,12-15H2/t17-/m0/s1. The van der Waals surface area contributed by atoms with Crippen LogP contribution in [0.2, 0.25) is 0 Å². The molecule has 6 heteroatoms. The van der Waals surface area contributed by atoms with E-state index in [9.17, 15) is 4.79 Å². The number of rotatable bonds is 7. The number of hydrogen-bond donors (Lipinski definition) is 0. The Morgan fingerprint density at radius 3 is 2.78 bits per heavy atom. The third-order valence-electron chi connectivity index (χ3n) is 4.56. The van der Waals surface area contributed by atoms with Gasteiger partial charge in [0.25, 0.3) is 5.56 Å². The maximum absolute atomic E-state index is 13.0. The first kappa shape index (κ1) is 18.1. The highest BCUT2D eigenvalue weighted by Gasteiger charge is 2.20. The van der Waals surface area contributed by atoms with Gasteiger partial charge in [-0.25, -0.2) is 4.98 Å². The number of benzene rings is 2. The van der Waals surface area contributed by atoms with Gasteiger partial charge in [0.15, 0.2) is 5.16 Å². The molecule has 1 fully saturated rings. The summed E-state index contributed by atoms with van der Waals surface area (Å²) in [5.74, 6) is 1.56. The average Bonchev–Trinajstić information content (AvgIpc) is 3.22. The fraction of sp³-hybridized carbons (Fsp3) is 0.333. The minimum absolute atomic E-state index is 0.00239. The zero-order valence-corrected chi connectivity index (χ0v) is 15.9. The van der Waals surface area contributed by atoms with Gasteiger partial charge in [-0.1, -0.05) is 42.1 Å². The van der Waals surface area contributed by atoms with E-state index in [0.29, 0.717) is 24.3 Å². The number of hydrogen-bond acceptors (Lipinski definition) is 5. The molecule has 0 saturated carbocycles. The van der Waals surface area contributed by atoms with Crippen LogP contribution in [0.3, 0.4) is 0 Å². The van der Waals surface area contributed by atoms with Crippen LogP contribution in [-0.2, 0) is 11.3 Å². The van der Waals surface area contributed by atoms with Crippen LogP contribution in [0.25, 0.3) is 10.9 Å². The van der Waals surface area contributed by atoms with Crippen LogP contribution in [0.15, 0.2) is 64.5 Å². The average molecular weight is 382 g/mol. The summed E-state index contributed by atoms with van der Waals surface area (Å²) in [6.07, 6.45) is 2.12. The van der Waals surface area contributed by atoms with Gasteiger partial charge in [0.05, 0.1) is 30.2 Å². The van der Waals surface area contributed by atoms with E-state index in [2.05, 4.69) is 0 Å². The normalized spacial score (nSPS) is 16.7. The second kappa shape index (κ2) is 8.59. The van der Waals surface area contributed by atoms with Crippen LogP contribution in [0.4, 0.5) is 0 Å². The summed E-state index contributed by atoms with van der Waals surface area (Å²) in [5, 5.41) is 1.38. The Kier molecular flexibility index (Phi) is 5.75. The molecule has 1 aliphatic heterocycles. The van der Waals surface area contributed by atoms with Crippen molar-refractivity contribution in [3.8, 4) is 5.75 Å². The third kappa shape index (κ3) is 4.34. The monoisotopic (exact) mass is 382 g/mol. The zero-order chi connectivity index (χ0) is 18.5. The van der Waals surface area contributed by atoms with Crippen molar-refractivity contribution in [2.24, 2.45) is 0 Å². The van der Waals surface area contributed by atoms with Crippen molar-refractivity contribution in [2.45, 2.75) is 30.6 Å². The van der Waals surface area contributed by atoms with Crippen LogP contribution >= 0.6 is 11.8 Å². The predicted molar refractivity (Wildman–Crippen MR) is 108 cm³/mol. The van der Waals surface area contributed by atoms with E-state index >= 15 is 0 Å². The largest absolute Gasteiger partial charge is 0.493 e. The van der Waals surface area contributed by atoms with Crippen LogP contribution in [0.1, 0.15) is 12.8 Å². The molecule has 0 unspecified atom stereocenters. The first-order valence-electron chi connectivity index (χ1n) is 9.23. The van der Waals surface area contributed by atoms with Crippen LogP contribution in [0.5, 0.6) is 5.75 Å². The fourth-order valence-electron chi connectivity index (χ4n) is 3.22. The van der Waals surface area contributed by atoms with Crippen molar-refractivity contribution in [2.75, 3.05) is 19.0 Å². The SMILES string of the molecule is O=c1c2ccccc2nc(SCCOc2ccccc2)n1C[C@@H]1CCCO1. The van der Waals surface area contributed by atoms with E-state index in [1.165, 1.54) is 0 Å². The predicted octanol–water partition coefficient (Wildman–Crippen LogP) is 3.75. The van der Waals surface area contributed by atoms with E-state index in [1.807, 2.05) is 54.6 Å². The Bertz CT molecular complexity index is 953. The minimum Gasteiger partial charge on any atom is -0.493 e. The molecule has 1 aliphatic rings. The zero-order valence-electron chi connectivity index (χ0n) is 15.0.